The first-order chi connectivity index (χ1) is 65.1. The van der Waals surface area contributed by atoms with Crippen molar-refractivity contribution < 1.29 is 127 Å². The monoisotopic (exact) mass is 2100 g/mol. The van der Waals surface area contributed by atoms with Gasteiger partial charge in [0.25, 0.3) is 0 Å². The van der Waals surface area contributed by atoms with Gasteiger partial charge in [-0.05, 0) is 107 Å². The van der Waals surface area contributed by atoms with E-state index in [1.807, 2.05) is 196 Å². The topological polar surface area (TPSA) is 353 Å². The average molecular weight is 2100 g/mol. The number of carbonyl (C=O) groups is 1. The second-order valence-corrected chi connectivity index (χ2v) is 47.1. The Balaban J connectivity index is 0.000000315. The van der Waals surface area contributed by atoms with E-state index in [1.165, 1.54) is 23.5 Å². The van der Waals surface area contributed by atoms with Gasteiger partial charge in [-0.3, -0.25) is 22.8 Å². The minimum absolute atomic E-state index is 0. The number of hydrogen-bond acceptors (Lipinski definition) is 26. The van der Waals surface area contributed by atoms with E-state index < -0.39 is 101 Å². The molecule has 2 saturated heterocycles. The highest BCUT2D eigenvalue weighted by molar-refractivity contribution is 7.89. The molecule has 0 spiro atoms. The minimum atomic E-state index is -5.79. The summed E-state index contributed by atoms with van der Waals surface area (Å²) >= 11 is 9.53. The van der Waals surface area contributed by atoms with Gasteiger partial charge in [-0.1, -0.05) is 289 Å². The number of rotatable bonds is 47. The van der Waals surface area contributed by atoms with Crippen molar-refractivity contribution >= 4 is 88.0 Å². The lowest BCUT2D eigenvalue weighted by molar-refractivity contribution is -0.0907. The van der Waals surface area contributed by atoms with Gasteiger partial charge in [0.1, 0.15) is 11.9 Å². The number of nitrogens with one attached hydrogen (secondary N) is 1. The summed E-state index contributed by atoms with van der Waals surface area (Å²) in [5, 5.41) is 23.7. The quantitative estimate of drug-likeness (QED) is 0.00905. The van der Waals surface area contributed by atoms with E-state index in [0.29, 0.717) is 55.8 Å². The van der Waals surface area contributed by atoms with E-state index in [1.54, 1.807) is 92.2 Å². The number of sulfonamides is 1. The third-order valence-corrected chi connectivity index (χ3v) is 30.3. The number of benzene rings is 9. The van der Waals surface area contributed by atoms with Crippen LogP contribution in [0.25, 0.3) is 0 Å². The fourth-order valence-electron chi connectivity index (χ4n) is 12.9. The Kier molecular flexibility index (Phi) is 56.3. The summed E-state index contributed by atoms with van der Waals surface area (Å²) in [4.78, 5) is 25.1. The van der Waals surface area contributed by atoms with E-state index in [2.05, 4.69) is 27.1 Å². The molecule has 9 aromatic carbocycles. The lowest BCUT2D eigenvalue weighted by Gasteiger charge is -2.33. The Morgan fingerprint density at radius 3 is 1.32 bits per heavy atom. The van der Waals surface area contributed by atoms with Gasteiger partial charge < -0.3 is 80.1 Å². The number of hydrogen-bond donors (Lipinski definition) is 4. The molecule has 4 N–H and O–H groups in total. The van der Waals surface area contributed by atoms with Crippen molar-refractivity contribution in [3.63, 3.8) is 0 Å². The summed E-state index contributed by atoms with van der Waals surface area (Å²) in [6.45, 7) is 14.1. The zero-order valence-corrected chi connectivity index (χ0v) is 84.2. The van der Waals surface area contributed by atoms with E-state index in [9.17, 15) is 63.1 Å². The molecule has 28 nitrogen and oxygen atoms in total. The second kappa shape index (κ2) is 64.2. The molecule has 0 aliphatic carbocycles. The molecule has 138 heavy (non-hydrogen) atoms. The number of carbonyl (C=O) groups excluding carboxylic acids is 1. The van der Waals surface area contributed by atoms with Crippen molar-refractivity contribution in [3.05, 3.63) is 336 Å². The van der Waals surface area contributed by atoms with Crippen molar-refractivity contribution in [2.45, 2.75) is 136 Å². The molecule has 0 bridgehead atoms. The number of fused-ring (bicyclic) bond motifs is 1. The van der Waals surface area contributed by atoms with Crippen LogP contribution in [0.3, 0.4) is 0 Å². The summed E-state index contributed by atoms with van der Waals surface area (Å²) in [5.41, 5.74) is 2.60. The van der Waals surface area contributed by atoms with Crippen molar-refractivity contribution in [2.75, 3.05) is 110 Å². The first kappa shape index (κ1) is 121. The van der Waals surface area contributed by atoms with Crippen LogP contribution in [0.5, 0.6) is 5.75 Å². The minimum Gasteiger partial charge on any atom is -0.497 e. The molecule has 0 radical (unpaired) electrons. The number of alkyl carbamates (subject to hydrolysis) is 1. The third kappa shape index (κ3) is 47.1. The molecule has 0 saturated carbocycles. The van der Waals surface area contributed by atoms with Crippen LogP contribution in [0.2, 0.25) is 0 Å². The van der Waals surface area contributed by atoms with Gasteiger partial charge in [-0.25, -0.2) is 13.2 Å². The second-order valence-electron chi connectivity index (χ2n) is 31.7. The lowest BCUT2D eigenvalue weighted by Crippen LogP contribution is -2.51. The van der Waals surface area contributed by atoms with Crippen molar-refractivity contribution in [3.8, 4) is 5.75 Å². The Hall–Kier alpha value is -7.49. The number of nitrogens with zero attached hydrogens (tertiary/aromatic N) is 2. The zero-order valence-electron chi connectivity index (χ0n) is 76.6. The van der Waals surface area contributed by atoms with Gasteiger partial charge in [-0.15, -0.1) is 29.8 Å². The molecule has 1 amide bonds. The Bertz CT molecular complexity index is 5170. The highest BCUT2D eigenvalue weighted by atomic mass is 35.5. The first-order valence-electron chi connectivity index (χ1n) is 43.5. The van der Waals surface area contributed by atoms with Crippen LogP contribution >= 0.6 is 61.7 Å². The zero-order chi connectivity index (χ0) is 98.7. The van der Waals surface area contributed by atoms with Crippen LogP contribution in [0.4, 0.5) is 18.0 Å². The van der Waals surface area contributed by atoms with Gasteiger partial charge in [0, 0.05) is 38.9 Å². The normalized spacial score (nSPS) is 15.4. The maximum atomic E-state index is 13.7. The van der Waals surface area contributed by atoms with Crippen LogP contribution in [-0.4, -0.2) is 187 Å². The maximum Gasteiger partial charge on any atom is 0.523 e. The number of methoxy groups -OCH3 is 1. The van der Waals surface area contributed by atoms with Gasteiger partial charge in [-0.2, -0.15) is 25.9 Å². The number of aliphatic hydroxyl groups excluding tert-OH is 2. The molecule has 5 atom stereocenters. The Morgan fingerprint density at radius 2 is 0.971 bits per heavy atom. The molecular formula is C98H131Cl2F3N3O25P5S2. The van der Waals surface area contributed by atoms with Crippen molar-refractivity contribution in [1.29, 1.82) is 0 Å². The fourth-order valence-corrected chi connectivity index (χ4v) is 20.3. The molecule has 0 aromatic heterocycles. The molecule has 0 unspecified atom stereocenters. The molecule has 3 aliphatic rings. The highest BCUT2D eigenvalue weighted by Gasteiger charge is 2.48. The standard InChI is InChI=1S/C31H50N3O9PS.C17H18F3O6PS.C17H19O3P.C16H19O4P.C14H15O3P.CH2Cl2.2CH4/c1-22(2)19-34(45(38,39)25-8-6-24(40-3)7-9-25)20-28(35)27(18-23-10-13-33(14-11-23)15-17-44(4,5)37)32-31(36)43-29-21-42-30-26(29)12-16-41-30;18-17(19,20)28(22,23)26-11-12-27(21,24-13-15-7-3-1-4-8-15)25-14-16-9-5-2-6-10-16;1-2-13-21(18,19-14-16-9-5-3-6-10-16)20-15-17-11-7-4-8-12-17;17-11-12-21(18,19-13-15-7-3-1-4-8-15)20-14-16-9-5-2-6-10-16;15-18(16-11-13-7-3-1-4-8-13)17-12-14-9-5-2-6-10-14;2-1-3;;/h6-10,22,26-30,35H,11-21H2,1-5H3,(H,32,36);1-10H,11-14H2;2-12H,1,13-15H2;1-10,17H,11-14H2;1-10,15H,11-12H2;1H2;2*1H4/t26-,27-,28+,29-,30+;;;;;;;/m0......./s1. The number of amides is 1. The molecule has 3 heterocycles. The number of aliphatic hydroxyl groups is 2. The Morgan fingerprint density at radius 1 is 0.587 bits per heavy atom. The summed E-state index contributed by atoms with van der Waals surface area (Å²) in [7, 11) is -22.6. The van der Waals surface area contributed by atoms with Gasteiger partial charge in [0.05, 0.1) is 140 Å². The molecule has 12 rings (SSSR count). The number of alkyl halides is 5. The van der Waals surface area contributed by atoms with E-state index in [-0.39, 0.29) is 121 Å². The van der Waals surface area contributed by atoms with E-state index >= 15 is 0 Å². The molecule has 2 fully saturated rings. The Labute approximate surface area is 823 Å². The predicted molar refractivity (Wildman–Crippen MR) is 536 cm³/mol. The van der Waals surface area contributed by atoms with Crippen molar-refractivity contribution in [1.82, 2.24) is 14.5 Å². The SMILES string of the molecule is C.C.C=CCP(=O)(OCc1ccccc1)OCc1ccccc1.COc1ccc(S(=O)(=O)N(CC(C)C)C[C@@H](O)[C@H](CC2=CCN(CCP(C)(C)=O)CC2)NC(=O)O[C@H]2CO[C@H]3OCC[C@H]32)cc1.ClCCl.O=P(CCO)(OCc1ccccc1)OCc1ccccc1.O=P(CCOS(=O)(=O)C(F)(F)F)(OCc1ccccc1)OCc1ccccc1.OP(OCc1ccccc1)OCc1ccccc1. The summed E-state index contributed by atoms with van der Waals surface area (Å²) in [5.74, 6) is 0.482. The van der Waals surface area contributed by atoms with Crippen LogP contribution < -0.4 is 10.1 Å². The van der Waals surface area contributed by atoms with Gasteiger partial charge in [0.2, 0.25) is 10.0 Å². The van der Waals surface area contributed by atoms with Crippen LogP contribution in [0, 0.1) is 11.8 Å². The highest BCUT2D eigenvalue weighted by Crippen LogP contribution is 2.52. The van der Waals surface area contributed by atoms with E-state index in [0.717, 1.165) is 64.9 Å². The molecule has 3 aliphatic heterocycles. The molecule has 9 aromatic rings. The first-order valence-corrected chi connectivity index (χ1v) is 56.5. The van der Waals surface area contributed by atoms with Crippen LogP contribution in [0.1, 0.15) is 92.5 Å². The van der Waals surface area contributed by atoms with Gasteiger partial charge in [0.15, 0.2) is 6.29 Å². The number of allylic oxidation sites excluding steroid dienone is 1. The summed E-state index contributed by atoms with van der Waals surface area (Å²) in [6, 6.07) is 80.2. The molecule has 40 heteroatoms. The van der Waals surface area contributed by atoms with Gasteiger partial charge >= 0.3 is 53.1 Å². The lowest BCUT2D eigenvalue weighted by atomic mass is 9.96. The average Bonchev–Trinajstić information content (AvgIpc) is 1.34. The number of ether oxygens (including phenoxy) is 4. The smallest absolute Gasteiger partial charge is 0.497 e. The van der Waals surface area contributed by atoms with E-state index in [4.69, 9.17) is 83.4 Å². The maximum absolute atomic E-state index is 13.7. The fraction of sp³-hybridized carbons (Fsp3) is 0.398. The van der Waals surface area contributed by atoms with Crippen LogP contribution in [0.15, 0.2) is 296 Å². The largest absolute Gasteiger partial charge is 0.523 e. The summed E-state index contributed by atoms with van der Waals surface area (Å²) < 4.78 is 207. The van der Waals surface area contributed by atoms with Crippen molar-refractivity contribution in [2.24, 2.45) is 11.8 Å². The van der Waals surface area contributed by atoms with Crippen LogP contribution in [-0.2, 0) is 146 Å². The summed E-state index contributed by atoms with van der Waals surface area (Å²) in [6.07, 6.45) is 2.86. The third-order valence-electron chi connectivity index (χ3n) is 20.1. The molecular weight excluding hydrogens is 1970 g/mol. The number of halogens is 5. The predicted octanol–water partition coefficient (Wildman–Crippen LogP) is 22.4. The molecule has 760 valence electrons.